The number of hydrogen-bond donors (Lipinski definition) is 0. The average Bonchev–Trinajstić information content (AvgIpc) is 2.63. The third kappa shape index (κ3) is 4.16. The Morgan fingerprint density at radius 3 is 2.00 bits per heavy atom. The van der Waals surface area contributed by atoms with E-state index in [1.165, 1.54) is 19.2 Å². The molecule has 0 bridgehead atoms. The van der Waals surface area contributed by atoms with Gasteiger partial charge in [-0.2, -0.15) is 0 Å². The minimum absolute atomic E-state index is 0.0192. The van der Waals surface area contributed by atoms with Crippen molar-refractivity contribution in [1.29, 1.82) is 0 Å². The van der Waals surface area contributed by atoms with Crippen molar-refractivity contribution < 1.29 is 22.7 Å². The first kappa shape index (κ1) is 19.8. The Morgan fingerprint density at radius 1 is 1.00 bits per heavy atom. The number of carbonyl (C=O) groups is 1. The van der Waals surface area contributed by atoms with Crippen LogP contribution in [0.15, 0.2) is 53.4 Å². The molecule has 0 radical (unpaired) electrons. The lowest BCUT2D eigenvalue weighted by Gasteiger charge is -2.24. The molecule has 0 aliphatic heterocycles. The van der Waals surface area contributed by atoms with Gasteiger partial charge in [-0.05, 0) is 55.5 Å². The molecule has 0 N–H and O–H groups in total. The Labute approximate surface area is 154 Å². The molecular formula is C19H23NO5S. The van der Waals surface area contributed by atoms with Gasteiger partial charge in [0, 0.05) is 5.92 Å². The summed E-state index contributed by atoms with van der Waals surface area (Å²) in [5.41, 5.74) is 0.262. The molecule has 0 unspecified atom stereocenters. The van der Waals surface area contributed by atoms with Crippen LogP contribution < -0.4 is 13.8 Å². The number of rotatable bonds is 7. The fraction of sp³-hybridized carbons (Fsp3) is 0.316. The Kier molecular flexibility index (Phi) is 6.26. The highest BCUT2D eigenvalue weighted by atomic mass is 32.2. The van der Waals surface area contributed by atoms with Crippen LogP contribution in [0.3, 0.4) is 0 Å². The number of benzene rings is 2. The molecule has 0 fully saturated rings. The molecular weight excluding hydrogens is 354 g/mol. The monoisotopic (exact) mass is 377 g/mol. The molecule has 2 aromatic carbocycles. The van der Waals surface area contributed by atoms with Crippen molar-refractivity contribution in [2.24, 2.45) is 5.92 Å². The molecule has 140 valence electrons. The highest BCUT2D eigenvalue weighted by Gasteiger charge is 2.32. The van der Waals surface area contributed by atoms with Gasteiger partial charge in [0.05, 0.1) is 24.3 Å². The zero-order chi connectivity index (χ0) is 19.3. The van der Waals surface area contributed by atoms with Crippen molar-refractivity contribution in [3.05, 3.63) is 48.5 Å². The first-order chi connectivity index (χ1) is 12.3. The fourth-order valence-electron chi connectivity index (χ4n) is 2.32. The molecule has 2 rings (SSSR count). The van der Waals surface area contributed by atoms with Crippen LogP contribution in [0.25, 0.3) is 0 Å². The summed E-state index contributed by atoms with van der Waals surface area (Å²) in [6, 6.07) is 12.3. The van der Waals surface area contributed by atoms with Gasteiger partial charge in [-0.25, -0.2) is 12.7 Å². The van der Waals surface area contributed by atoms with Crippen LogP contribution in [0.4, 0.5) is 5.69 Å². The van der Waals surface area contributed by atoms with Gasteiger partial charge in [-0.15, -0.1) is 0 Å². The van der Waals surface area contributed by atoms with Crippen LogP contribution in [-0.2, 0) is 14.8 Å². The van der Waals surface area contributed by atoms with Gasteiger partial charge in [0.15, 0.2) is 0 Å². The minimum atomic E-state index is -4.06. The highest BCUT2D eigenvalue weighted by molar-refractivity contribution is 7.93. The number of ether oxygens (including phenoxy) is 2. The maximum atomic E-state index is 13.1. The zero-order valence-electron chi connectivity index (χ0n) is 15.3. The fourth-order valence-corrected chi connectivity index (χ4v) is 3.85. The maximum Gasteiger partial charge on any atom is 0.270 e. The standard InChI is InChI=1S/C19H23NO5S/c1-5-25-17-10-12-18(13-11-17)26(22,23)20(19(21)14(2)3)15-6-8-16(24-4)9-7-15/h6-14H,5H2,1-4H3. The third-order valence-corrected chi connectivity index (χ3v) is 5.41. The number of nitrogens with zero attached hydrogens (tertiary/aromatic N) is 1. The summed E-state index contributed by atoms with van der Waals surface area (Å²) in [7, 11) is -2.55. The number of hydrogen-bond acceptors (Lipinski definition) is 5. The lowest BCUT2D eigenvalue weighted by molar-refractivity contribution is -0.120. The molecule has 2 aromatic rings. The highest BCUT2D eigenvalue weighted by Crippen LogP contribution is 2.28. The van der Waals surface area contributed by atoms with Gasteiger partial charge < -0.3 is 9.47 Å². The first-order valence-electron chi connectivity index (χ1n) is 8.27. The van der Waals surface area contributed by atoms with Gasteiger partial charge in [-0.3, -0.25) is 4.79 Å². The summed E-state index contributed by atoms with van der Waals surface area (Å²) in [5, 5.41) is 0. The quantitative estimate of drug-likeness (QED) is 0.739. The summed E-state index contributed by atoms with van der Waals surface area (Å²) in [6.45, 7) is 5.65. The van der Waals surface area contributed by atoms with Crippen molar-refractivity contribution in [2.75, 3.05) is 18.0 Å². The van der Waals surface area contributed by atoms with E-state index in [-0.39, 0.29) is 10.6 Å². The van der Waals surface area contributed by atoms with Gasteiger partial charge in [0.25, 0.3) is 10.0 Å². The normalized spacial score (nSPS) is 11.3. The second-order valence-electron chi connectivity index (χ2n) is 5.86. The molecule has 0 saturated carbocycles. The van der Waals surface area contributed by atoms with E-state index in [1.807, 2.05) is 6.92 Å². The number of carbonyl (C=O) groups excluding carboxylic acids is 1. The zero-order valence-corrected chi connectivity index (χ0v) is 16.1. The average molecular weight is 377 g/mol. The molecule has 26 heavy (non-hydrogen) atoms. The lowest BCUT2D eigenvalue weighted by atomic mass is 10.2. The van der Waals surface area contributed by atoms with Crippen molar-refractivity contribution in [1.82, 2.24) is 0 Å². The van der Waals surface area contributed by atoms with E-state index in [9.17, 15) is 13.2 Å². The largest absolute Gasteiger partial charge is 0.497 e. The number of anilines is 1. The molecule has 0 aliphatic rings. The predicted molar refractivity (Wildman–Crippen MR) is 100 cm³/mol. The number of amides is 1. The second-order valence-corrected chi connectivity index (χ2v) is 7.65. The van der Waals surface area contributed by atoms with Gasteiger partial charge in [0.2, 0.25) is 5.91 Å². The van der Waals surface area contributed by atoms with Crippen LogP contribution in [0.5, 0.6) is 11.5 Å². The first-order valence-corrected chi connectivity index (χ1v) is 9.71. The van der Waals surface area contributed by atoms with Gasteiger partial charge >= 0.3 is 0 Å². The van der Waals surface area contributed by atoms with E-state index in [0.717, 1.165) is 4.31 Å². The van der Waals surface area contributed by atoms with Crippen molar-refractivity contribution >= 4 is 21.6 Å². The number of sulfonamides is 1. The van der Waals surface area contributed by atoms with E-state index in [2.05, 4.69) is 0 Å². The van der Waals surface area contributed by atoms with Crippen molar-refractivity contribution in [3.63, 3.8) is 0 Å². The Hall–Kier alpha value is -2.54. The van der Waals surface area contributed by atoms with E-state index >= 15 is 0 Å². The summed E-state index contributed by atoms with van der Waals surface area (Å²) in [6.07, 6.45) is 0. The molecule has 7 heteroatoms. The summed E-state index contributed by atoms with van der Waals surface area (Å²) >= 11 is 0. The van der Waals surface area contributed by atoms with E-state index < -0.39 is 21.8 Å². The van der Waals surface area contributed by atoms with Gasteiger partial charge in [0.1, 0.15) is 11.5 Å². The van der Waals surface area contributed by atoms with Gasteiger partial charge in [-0.1, -0.05) is 13.8 Å². The van der Waals surface area contributed by atoms with E-state index in [1.54, 1.807) is 50.2 Å². The molecule has 0 heterocycles. The van der Waals surface area contributed by atoms with Crippen LogP contribution in [0.2, 0.25) is 0 Å². The SMILES string of the molecule is CCOc1ccc(S(=O)(=O)N(C(=O)C(C)C)c2ccc(OC)cc2)cc1. The molecule has 0 atom stereocenters. The minimum Gasteiger partial charge on any atom is -0.497 e. The Balaban J connectivity index is 2.50. The van der Waals surface area contributed by atoms with Crippen LogP contribution in [0, 0.1) is 5.92 Å². The topological polar surface area (TPSA) is 72.9 Å². The number of methoxy groups -OCH3 is 1. The van der Waals surface area contributed by atoms with Crippen molar-refractivity contribution in [2.45, 2.75) is 25.7 Å². The molecule has 1 amide bonds. The predicted octanol–water partition coefficient (Wildman–Crippen LogP) is 3.47. The summed E-state index contributed by atoms with van der Waals surface area (Å²) in [4.78, 5) is 12.7. The Morgan fingerprint density at radius 2 is 1.54 bits per heavy atom. The van der Waals surface area contributed by atoms with Crippen LogP contribution in [0.1, 0.15) is 20.8 Å². The molecule has 6 nitrogen and oxygen atoms in total. The van der Waals surface area contributed by atoms with Crippen LogP contribution >= 0.6 is 0 Å². The summed E-state index contributed by atoms with van der Waals surface area (Å²) in [5.74, 6) is 0.139. The molecule has 0 aromatic heterocycles. The molecule has 0 aliphatic carbocycles. The molecule has 0 spiro atoms. The Bertz CT molecular complexity index is 843. The van der Waals surface area contributed by atoms with E-state index in [4.69, 9.17) is 9.47 Å². The van der Waals surface area contributed by atoms with Crippen molar-refractivity contribution in [3.8, 4) is 11.5 Å². The smallest absolute Gasteiger partial charge is 0.270 e. The molecule has 0 saturated heterocycles. The van der Waals surface area contributed by atoms with Crippen LogP contribution in [-0.4, -0.2) is 28.0 Å². The maximum absolute atomic E-state index is 13.1. The third-order valence-electron chi connectivity index (χ3n) is 3.67. The second kappa shape index (κ2) is 8.23. The summed E-state index contributed by atoms with van der Waals surface area (Å²) < 4.78 is 37.5. The lowest BCUT2D eigenvalue weighted by Crippen LogP contribution is -2.39. The van der Waals surface area contributed by atoms with E-state index in [0.29, 0.717) is 18.1 Å².